The van der Waals surface area contributed by atoms with E-state index in [0.29, 0.717) is 6.04 Å². The molecule has 1 rings (SSSR count). The summed E-state index contributed by atoms with van der Waals surface area (Å²) in [5.74, 6) is 0.949. The average Bonchev–Trinajstić information content (AvgIpc) is 2.27. The van der Waals surface area contributed by atoms with Crippen LogP contribution in [-0.2, 0) is 0 Å². The summed E-state index contributed by atoms with van der Waals surface area (Å²) in [5.41, 5.74) is 1.10. The summed E-state index contributed by atoms with van der Waals surface area (Å²) in [7, 11) is 0. The first-order valence-electron chi connectivity index (χ1n) is 6.19. The first-order valence-corrected chi connectivity index (χ1v) is 6.19. The molecule has 0 radical (unpaired) electrons. The number of para-hydroxylation sites is 2. The Morgan fingerprint density at radius 1 is 1.12 bits per heavy atom. The van der Waals surface area contributed by atoms with Gasteiger partial charge in [-0.25, -0.2) is 0 Å². The minimum atomic E-state index is 0.213. The monoisotopic (exact) mass is 221 g/mol. The molecule has 0 aliphatic rings. The summed E-state index contributed by atoms with van der Waals surface area (Å²) < 4.78 is 5.77. The zero-order chi connectivity index (χ0) is 12.0. The Kier molecular flexibility index (Phi) is 5.17. The zero-order valence-electron chi connectivity index (χ0n) is 10.8. The van der Waals surface area contributed by atoms with Gasteiger partial charge in [-0.2, -0.15) is 0 Å². The smallest absolute Gasteiger partial charge is 0.142 e. The number of ether oxygens (including phenoxy) is 1. The molecule has 0 aliphatic carbocycles. The third kappa shape index (κ3) is 3.76. The van der Waals surface area contributed by atoms with Gasteiger partial charge in [-0.1, -0.05) is 26.0 Å². The fourth-order valence-corrected chi connectivity index (χ4v) is 1.66. The third-order valence-electron chi connectivity index (χ3n) is 2.59. The van der Waals surface area contributed by atoms with Crippen LogP contribution in [0.25, 0.3) is 0 Å². The molecule has 16 heavy (non-hydrogen) atoms. The van der Waals surface area contributed by atoms with Crippen molar-refractivity contribution in [3.63, 3.8) is 0 Å². The lowest BCUT2D eigenvalue weighted by Gasteiger charge is -2.20. The number of nitrogens with one attached hydrogen (secondary N) is 1. The van der Waals surface area contributed by atoms with Gasteiger partial charge in [0.05, 0.1) is 11.8 Å². The largest absolute Gasteiger partial charge is 0.489 e. The van der Waals surface area contributed by atoms with Crippen molar-refractivity contribution in [3.05, 3.63) is 24.3 Å². The Balaban J connectivity index is 2.77. The van der Waals surface area contributed by atoms with Gasteiger partial charge in [0.15, 0.2) is 0 Å². The fourth-order valence-electron chi connectivity index (χ4n) is 1.66. The van der Waals surface area contributed by atoms with Crippen LogP contribution in [0.5, 0.6) is 5.75 Å². The number of hydrogen-bond acceptors (Lipinski definition) is 2. The number of anilines is 1. The van der Waals surface area contributed by atoms with Crippen LogP contribution in [0, 0.1) is 0 Å². The first-order chi connectivity index (χ1) is 7.67. The standard InChI is InChI=1S/C14H23NO/c1-5-12(6-2)15-13-9-7-8-10-14(13)16-11(3)4/h7-12,15H,5-6H2,1-4H3. The van der Waals surface area contributed by atoms with Gasteiger partial charge in [0.2, 0.25) is 0 Å². The zero-order valence-corrected chi connectivity index (χ0v) is 10.8. The maximum Gasteiger partial charge on any atom is 0.142 e. The third-order valence-corrected chi connectivity index (χ3v) is 2.59. The average molecular weight is 221 g/mol. The summed E-state index contributed by atoms with van der Waals surface area (Å²) in [6, 6.07) is 8.67. The van der Waals surface area contributed by atoms with Crippen LogP contribution in [-0.4, -0.2) is 12.1 Å². The Labute approximate surface area is 99.0 Å². The van der Waals surface area contributed by atoms with Gasteiger partial charge in [0, 0.05) is 6.04 Å². The van der Waals surface area contributed by atoms with Gasteiger partial charge in [0.25, 0.3) is 0 Å². The van der Waals surface area contributed by atoms with Crippen molar-refractivity contribution in [2.75, 3.05) is 5.32 Å². The van der Waals surface area contributed by atoms with Crippen LogP contribution in [0.4, 0.5) is 5.69 Å². The van der Waals surface area contributed by atoms with Crippen LogP contribution in [0.15, 0.2) is 24.3 Å². The Hall–Kier alpha value is -1.18. The van der Waals surface area contributed by atoms with Crippen LogP contribution < -0.4 is 10.1 Å². The maximum atomic E-state index is 5.77. The summed E-state index contributed by atoms with van der Waals surface area (Å²) in [6.07, 6.45) is 2.48. The molecule has 0 saturated carbocycles. The topological polar surface area (TPSA) is 21.3 Å². The second kappa shape index (κ2) is 6.41. The highest BCUT2D eigenvalue weighted by molar-refractivity contribution is 5.56. The van der Waals surface area contributed by atoms with Gasteiger partial charge < -0.3 is 10.1 Å². The summed E-state index contributed by atoms with van der Waals surface area (Å²) in [4.78, 5) is 0. The maximum absolute atomic E-state index is 5.77. The molecule has 2 nitrogen and oxygen atoms in total. The van der Waals surface area contributed by atoms with Crippen molar-refractivity contribution >= 4 is 5.69 Å². The van der Waals surface area contributed by atoms with E-state index >= 15 is 0 Å². The molecule has 1 aromatic rings. The van der Waals surface area contributed by atoms with Gasteiger partial charge in [-0.15, -0.1) is 0 Å². The molecular weight excluding hydrogens is 198 g/mol. The summed E-state index contributed by atoms with van der Waals surface area (Å²) in [5, 5.41) is 3.53. The van der Waals surface area contributed by atoms with Crippen LogP contribution >= 0.6 is 0 Å². The molecule has 0 heterocycles. The normalized spacial score (nSPS) is 10.9. The van der Waals surface area contributed by atoms with Crippen molar-refractivity contribution in [2.45, 2.75) is 52.7 Å². The molecule has 0 atom stereocenters. The lowest BCUT2D eigenvalue weighted by Crippen LogP contribution is -2.18. The SMILES string of the molecule is CCC(CC)Nc1ccccc1OC(C)C. The van der Waals surface area contributed by atoms with E-state index in [2.05, 4.69) is 25.2 Å². The molecule has 0 bridgehead atoms. The predicted molar refractivity (Wildman–Crippen MR) is 70.2 cm³/mol. The van der Waals surface area contributed by atoms with Crippen molar-refractivity contribution < 1.29 is 4.74 Å². The minimum Gasteiger partial charge on any atom is -0.489 e. The molecule has 2 heteroatoms. The molecule has 0 aliphatic heterocycles. The molecule has 0 saturated heterocycles. The highest BCUT2D eigenvalue weighted by Crippen LogP contribution is 2.26. The van der Waals surface area contributed by atoms with E-state index in [4.69, 9.17) is 4.74 Å². The van der Waals surface area contributed by atoms with Crippen LogP contribution in [0.3, 0.4) is 0 Å². The Morgan fingerprint density at radius 2 is 1.75 bits per heavy atom. The van der Waals surface area contributed by atoms with E-state index in [1.807, 2.05) is 32.0 Å². The lowest BCUT2D eigenvalue weighted by atomic mass is 10.1. The fraction of sp³-hybridized carbons (Fsp3) is 0.571. The highest BCUT2D eigenvalue weighted by atomic mass is 16.5. The summed E-state index contributed by atoms with van der Waals surface area (Å²) in [6.45, 7) is 8.50. The minimum absolute atomic E-state index is 0.213. The van der Waals surface area contributed by atoms with Crippen molar-refractivity contribution in [1.29, 1.82) is 0 Å². The predicted octanol–water partition coefficient (Wildman–Crippen LogP) is 4.07. The number of benzene rings is 1. The molecule has 0 fully saturated rings. The second-order valence-electron chi connectivity index (χ2n) is 4.32. The molecule has 0 spiro atoms. The Morgan fingerprint density at radius 3 is 2.31 bits per heavy atom. The van der Waals surface area contributed by atoms with Crippen molar-refractivity contribution in [2.24, 2.45) is 0 Å². The molecule has 0 aromatic heterocycles. The Bertz CT molecular complexity index is 305. The lowest BCUT2D eigenvalue weighted by molar-refractivity contribution is 0.243. The molecule has 1 aromatic carbocycles. The van der Waals surface area contributed by atoms with Gasteiger partial charge >= 0.3 is 0 Å². The van der Waals surface area contributed by atoms with E-state index in [1.165, 1.54) is 0 Å². The number of hydrogen-bond donors (Lipinski definition) is 1. The highest BCUT2D eigenvalue weighted by Gasteiger charge is 2.08. The quantitative estimate of drug-likeness (QED) is 0.781. The summed E-state index contributed by atoms with van der Waals surface area (Å²) >= 11 is 0. The van der Waals surface area contributed by atoms with Crippen molar-refractivity contribution in [3.8, 4) is 5.75 Å². The van der Waals surface area contributed by atoms with Crippen LogP contribution in [0.1, 0.15) is 40.5 Å². The van der Waals surface area contributed by atoms with Gasteiger partial charge in [-0.05, 0) is 38.8 Å². The first kappa shape index (κ1) is 12.9. The molecule has 0 amide bonds. The second-order valence-corrected chi connectivity index (χ2v) is 4.32. The van der Waals surface area contributed by atoms with Gasteiger partial charge in [-0.3, -0.25) is 0 Å². The van der Waals surface area contributed by atoms with E-state index < -0.39 is 0 Å². The molecule has 1 N–H and O–H groups in total. The van der Waals surface area contributed by atoms with E-state index in [9.17, 15) is 0 Å². The van der Waals surface area contributed by atoms with Crippen LogP contribution in [0.2, 0.25) is 0 Å². The van der Waals surface area contributed by atoms with Crippen molar-refractivity contribution in [1.82, 2.24) is 0 Å². The molecular formula is C14H23NO. The van der Waals surface area contributed by atoms with Gasteiger partial charge in [0.1, 0.15) is 5.75 Å². The van der Waals surface area contributed by atoms with E-state index in [0.717, 1.165) is 24.3 Å². The number of rotatable bonds is 6. The molecule has 0 unspecified atom stereocenters. The van der Waals surface area contributed by atoms with E-state index in [1.54, 1.807) is 0 Å². The van der Waals surface area contributed by atoms with E-state index in [-0.39, 0.29) is 6.10 Å². The molecule has 90 valence electrons.